The van der Waals surface area contributed by atoms with E-state index in [1.807, 2.05) is 19.0 Å². The number of aromatic nitrogens is 4. The average Bonchev–Trinajstić information content (AvgIpc) is 3.23. The maximum absolute atomic E-state index is 12.5. The molecule has 0 aliphatic heterocycles. The zero-order valence-corrected chi connectivity index (χ0v) is 15.7. The highest BCUT2D eigenvalue weighted by molar-refractivity contribution is 7.17. The fraction of sp³-hybridized carbons (Fsp3) is 0.333. The van der Waals surface area contributed by atoms with Crippen molar-refractivity contribution in [2.75, 3.05) is 32.6 Å². The highest BCUT2D eigenvalue weighted by Crippen LogP contribution is 2.27. The maximum Gasteiger partial charge on any atom is 0.324 e. The third kappa shape index (κ3) is 4.17. The van der Waals surface area contributed by atoms with Gasteiger partial charge in [-0.3, -0.25) is 19.6 Å². The number of rotatable bonds is 7. The molecule has 1 amide bonds. The Balaban J connectivity index is 1.87. The highest BCUT2D eigenvalue weighted by Gasteiger charge is 2.19. The lowest BCUT2D eigenvalue weighted by molar-refractivity contribution is -0.380. The molecule has 0 spiro atoms. The Labute approximate surface area is 157 Å². The number of thiophene rings is 1. The molecule has 0 saturated carbocycles. The summed E-state index contributed by atoms with van der Waals surface area (Å²) in [5, 5.41) is 18.0. The molecule has 0 bridgehead atoms. The molecule has 0 aliphatic carbocycles. The van der Waals surface area contributed by atoms with E-state index in [0.717, 1.165) is 11.3 Å². The molecule has 0 aliphatic rings. The number of hydrogen-bond donors (Lipinski definition) is 1. The van der Waals surface area contributed by atoms with Crippen molar-refractivity contribution in [2.24, 2.45) is 7.05 Å². The van der Waals surface area contributed by atoms with Gasteiger partial charge in [0.05, 0.1) is 21.4 Å². The first-order chi connectivity index (χ1) is 12.8. The summed E-state index contributed by atoms with van der Waals surface area (Å²) in [6.45, 7) is 1.05. The van der Waals surface area contributed by atoms with Gasteiger partial charge in [-0.25, -0.2) is 0 Å². The zero-order chi connectivity index (χ0) is 19.6. The summed E-state index contributed by atoms with van der Waals surface area (Å²) in [6, 6.07) is 2.80. The fourth-order valence-electron chi connectivity index (χ4n) is 2.20. The van der Waals surface area contributed by atoms with E-state index in [9.17, 15) is 14.9 Å². The fourth-order valence-corrected chi connectivity index (χ4v) is 2.91. The third-order valence-electron chi connectivity index (χ3n) is 3.57. The minimum atomic E-state index is -0.540. The topological polar surface area (TPSA) is 128 Å². The second kappa shape index (κ2) is 7.63. The number of ether oxygens (including phenoxy) is 1. The molecule has 3 rings (SSSR count). The van der Waals surface area contributed by atoms with Gasteiger partial charge in [0.25, 0.3) is 5.91 Å². The van der Waals surface area contributed by atoms with Gasteiger partial charge in [-0.2, -0.15) is 15.1 Å². The Kier molecular flexibility index (Phi) is 5.28. The first kappa shape index (κ1) is 18.7. The van der Waals surface area contributed by atoms with Crippen LogP contribution in [0.15, 0.2) is 18.3 Å². The smallest absolute Gasteiger partial charge is 0.324 e. The van der Waals surface area contributed by atoms with Crippen molar-refractivity contribution in [2.45, 2.75) is 0 Å². The second-order valence-corrected chi connectivity index (χ2v) is 6.92. The number of nitro groups is 1. The molecule has 0 fully saturated rings. The van der Waals surface area contributed by atoms with Gasteiger partial charge in [0, 0.05) is 19.7 Å². The van der Waals surface area contributed by atoms with Gasteiger partial charge in [-0.15, -0.1) is 0 Å². The molecule has 1 N–H and O–H groups in total. The Hall–Kier alpha value is -3.12. The highest BCUT2D eigenvalue weighted by atomic mass is 32.1. The molecule has 0 aromatic carbocycles. The number of anilines is 1. The molecule has 11 nitrogen and oxygen atoms in total. The molecular weight excluding hydrogens is 374 g/mol. The molecule has 12 heteroatoms. The van der Waals surface area contributed by atoms with Crippen molar-refractivity contribution >= 4 is 39.1 Å². The van der Waals surface area contributed by atoms with E-state index in [2.05, 4.69) is 20.4 Å². The number of carbonyl (C=O) groups excluding carboxylic acids is 1. The summed E-state index contributed by atoms with van der Waals surface area (Å²) < 4.78 is 7.11. The Morgan fingerprint density at radius 3 is 2.85 bits per heavy atom. The molecule has 3 aromatic rings. The van der Waals surface area contributed by atoms with Crippen molar-refractivity contribution in [3.05, 3.63) is 33.3 Å². The lowest BCUT2D eigenvalue weighted by Gasteiger charge is -2.11. The van der Waals surface area contributed by atoms with Crippen molar-refractivity contribution in [3.63, 3.8) is 0 Å². The number of amides is 1. The standard InChI is InChI=1S/C15H17N7O4S/c1-20(2)6-7-26-15-18-12(9-8-16-21(3)13(9)19-15)17-14(23)10-4-5-11(27-10)22(24)25/h4-5,8H,6-7H2,1-3H3,(H,17,18,19,23). The Bertz CT molecular complexity index is 997. The summed E-state index contributed by atoms with van der Waals surface area (Å²) in [5.41, 5.74) is 0.498. The van der Waals surface area contributed by atoms with Crippen LogP contribution in [0.2, 0.25) is 0 Å². The van der Waals surface area contributed by atoms with Crippen LogP contribution in [0.25, 0.3) is 11.0 Å². The SMILES string of the molecule is CN(C)CCOc1nc(NC(=O)c2ccc([N+](=O)[O-])s2)c2cnn(C)c2n1. The van der Waals surface area contributed by atoms with E-state index >= 15 is 0 Å². The number of aryl methyl sites for hydroxylation is 1. The van der Waals surface area contributed by atoms with Gasteiger partial charge < -0.3 is 15.0 Å². The van der Waals surface area contributed by atoms with Gasteiger partial charge >= 0.3 is 11.0 Å². The lowest BCUT2D eigenvalue weighted by Crippen LogP contribution is -2.20. The average molecular weight is 391 g/mol. The largest absolute Gasteiger partial charge is 0.462 e. The van der Waals surface area contributed by atoms with Gasteiger partial charge in [0.15, 0.2) is 11.5 Å². The van der Waals surface area contributed by atoms with Crippen LogP contribution in [0.5, 0.6) is 6.01 Å². The number of fused-ring (bicyclic) bond motifs is 1. The molecular formula is C15H17N7O4S. The quantitative estimate of drug-likeness (QED) is 0.474. The molecule has 0 saturated heterocycles. The predicted octanol–water partition coefficient (Wildman–Crippen LogP) is 1.53. The van der Waals surface area contributed by atoms with Gasteiger partial charge in [0.1, 0.15) is 6.61 Å². The summed E-state index contributed by atoms with van der Waals surface area (Å²) >= 11 is 0.788. The summed E-state index contributed by atoms with van der Waals surface area (Å²) in [7, 11) is 5.55. The summed E-state index contributed by atoms with van der Waals surface area (Å²) in [5.74, 6) is -0.273. The zero-order valence-electron chi connectivity index (χ0n) is 14.9. The first-order valence-electron chi connectivity index (χ1n) is 7.88. The molecule has 3 heterocycles. The van der Waals surface area contributed by atoms with Gasteiger partial charge in [0.2, 0.25) is 0 Å². The monoisotopic (exact) mass is 391 g/mol. The molecule has 27 heavy (non-hydrogen) atoms. The van der Waals surface area contributed by atoms with Gasteiger partial charge in [-0.1, -0.05) is 11.3 Å². The van der Waals surface area contributed by atoms with Crippen molar-refractivity contribution in [3.8, 4) is 6.01 Å². The number of nitrogens with zero attached hydrogens (tertiary/aromatic N) is 6. The van der Waals surface area contributed by atoms with E-state index in [4.69, 9.17) is 4.74 Å². The van der Waals surface area contributed by atoms with Crippen LogP contribution in [-0.2, 0) is 7.05 Å². The molecule has 142 valence electrons. The van der Waals surface area contributed by atoms with E-state index in [0.29, 0.717) is 24.2 Å². The molecule has 3 aromatic heterocycles. The van der Waals surface area contributed by atoms with Gasteiger partial charge in [-0.05, 0) is 20.2 Å². The third-order valence-corrected chi connectivity index (χ3v) is 4.60. The Morgan fingerprint density at radius 2 is 2.19 bits per heavy atom. The van der Waals surface area contributed by atoms with E-state index in [1.165, 1.54) is 18.3 Å². The minimum Gasteiger partial charge on any atom is -0.462 e. The first-order valence-corrected chi connectivity index (χ1v) is 8.69. The maximum atomic E-state index is 12.5. The number of likely N-dealkylation sites (N-methyl/N-ethyl adjacent to an activating group) is 1. The van der Waals surface area contributed by atoms with E-state index < -0.39 is 10.8 Å². The van der Waals surface area contributed by atoms with Crippen LogP contribution < -0.4 is 10.1 Å². The predicted molar refractivity (Wildman–Crippen MR) is 99.3 cm³/mol. The van der Waals surface area contributed by atoms with Crippen LogP contribution in [0.1, 0.15) is 9.67 Å². The number of nitrogens with one attached hydrogen (secondary N) is 1. The number of carbonyl (C=O) groups is 1. The minimum absolute atomic E-state index is 0.109. The second-order valence-electron chi connectivity index (χ2n) is 5.86. The normalized spacial score (nSPS) is 11.1. The lowest BCUT2D eigenvalue weighted by atomic mass is 10.3. The van der Waals surface area contributed by atoms with Crippen molar-refractivity contribution in [1.29, 1.82) is 0 Å². The van der Waals surface area contributed by atoms with Crippen LogP contribution in [0, 0.1) is 10.1 Å². The van der Waals surface area contributed by atoms with Crippen molar-refractivity contribution < 1.29 is 14.5 Å². The van der Waals surface area contributed by atoms with Crippen LogP contribution >= 0.6 is 11.3 Å². The van der Waals surface area contributed by atoms with E-state index in [-0.39, 0.29) is 21.7 Å². The Morgan fingerprint density at radius 1 is 1.41 bits per heavy atom. The van der Waals surface area contributed by atoms with Crippen LogP contribution in [0.4, 0.5) is 10.8 Å². The van der Waals surface area contributed by atoms with Crippen LogP contribution in [0.3, 0.4) is 0 Å². The van der Waals surface area contributed by atoms with Crippen molar-refractivity contribution in [1.82, 2.24) is 24.6 Å². The molecule has 0 unspecified atom stereocenters. The number of hydrogen-bond acceptors (Lipinski definition) is 9. The van der Waals surface area contributed by atoms with Crippen LogP contribution in [-0.4, -0.2) is 62.7 Å². The summed E-state index contributed by atoms with van der Waals surface area (Å²) in [4.78, 5) is 33.4. The molecule has 0 radical (unpaired) electrons. The molecule has 0 atom stereocenters. The van der Waals surface area contributed by atoms with E-state index in [1.54, 1.807) is 11.7 Å². The summed E-state index contributed by atoms with van der Waals surface area (Å²) in [6.07, 6.45) is 1.53.